The monoisotopic (exact) mass is 355 g/mol. The summed E-state index contributed by atoms with van der Waals surface area (Å²) in [6, 6.07) is 10.6. The molecular formula is C13H10ClN3O5S. The molecule has 0 saturated carbocycles. The predicted octanol–water partition coefficient (Wildman–Crippen LogP) is 2.27. The van der Waals surface area contributed by atoms with Crippen molar-refractivity contribution in [2.75, 3.05) is 0 Å². The molecule has 0 amide bonds. The van der Waals surface area contributed by atoms with E-state index in [1.54, 1.807) is 12.1 Å². The highest BCUT2D eigenvalue weighted by Gasteiger charge is 2.19. The Kier molecular flexibility index (Phi) is 4.82. The van der Waals surface area contributed by atoms with Crippen molar-refractivity contribution >= 4 is 33.2 Å². The topological polar surface area (TPSA) is 125 Å². The van der Waals surface area contributed by atoms with Gasteiger partial charge in [-0.1, -0.05) is 17.7 Å². The second-order valence-corrected chi connectivity index (χ2v) is 6.23. The van der Waals surface area contributed by atoms with Crippen LogP contribution in [0.2, 0.25) is 5.02 Å². The van der Waals surface area contributed by atoms with Crippen molar-refractivity contribution in [1.82, 2.24) is 0 Å². The number of nitro groups is 1. The molecule has 0 aliphatic heterocycles. The highest BCUT2D eigenvalue weighted by Crippen LogP contribution is 2.19. The van der Waals surface area contributed by atoms with Crippen LogP contribution in [0.15, 0.2) is 58.6 Å². The molecule has 0 atom stereocenters. The molecule has 0 bridgehead atoms. The van der Waals surface area contributed by atoms with Gasteiger partial charge in [-0.15, -0.1) is 0 Å². The van der Waals surface area contributed by atoms with E-state index in [9.17, 15) is 18.5 Å². The molecule has 0 spiro atoms. The first-order valence-electron chi connectivity index (χ1n) is 6.07. The lowest BCUT2D eigenvalue weighted by atomic mass is 10.2. The predicted molar refractivity (Wildman–Crippen MR) is 83.5 cm³/mol. The summed E-state index contributed by atoms with van der Waals surface area (Å²) < 4.78 is 28.4. The second kappa shape index (κ2) is 6.63. The van der Waals surface area contributed by atoms with Gasteiger partial charge >= 0.3 is 10.1 Å². The Bertz CT molecular complexity index is 865. The van der Waals surface area contributed by atoms with Gasteiger partial charge in [0, 0.05) is 22.7 Å². The molecule has 2 aromatic rings. The molecular weight excluding hydrogens is 346 g/mol. The van der Waals surface area contributed by atoms with Crippen LogP contribution in [0, 0.1) is 10.1 Å². The van der Waals surface area contributed by atoms with Crippen molar-refractivity contribution in [3.63, 3.8) is 0 Å². The van der Waals surface area contributed by atoms with E-state index in [0.717, 1.165) is 18.2 Å². The number of halogens is 1. The first-order chi connectivity index (χ1) is 10.8. The normalized spacial score (nSPS) is 12.0. The molecule has 0 heterocycles. The van der Waals surface area contributed by atoms with Crippen LogP contribution in [0.25, 0.3) is 0 Å². The molecule has 0 aromatic heterocycles. The first-order valence-corrected chi connectivity index (χ1v) is 7.86. The van der Waals surface area contributed by atoms with Crippen LogP contribution in [-0.2, 0) is 14.4 Å². The number of hydrogen-bond acceptors (Lipinski definition) is 6. The second-order valence-electron chi connectivity index (χ2n) is 4.27. The van der Waals surface area contributed by atoms with E-state index in [-0.39, 0.29) is 11.5 Å². The van der Waals surface area contributed by atoms with E-state index < -0.39 is 19.9 Å². The van der Waals surface area contributed by atoms with Crippen LogP contribution in [0.4, 0.5) is 5.69 Å². The minimum absolute atomic E-state index is 0.185. The van der Waals surface area contributed by atoms with Crippen molar-refractivity contribution in [3.8, 4) is 0 Å². The summed E-state index contributed by atoms with van der Waals surface area (Å²) in [6.45, 7) is 0. The van der Waals surface area contributed by atoms with Crippen molar-refractivity contribution in [2.24, 2.45) is 10.9 Å². The molecule has 8 nitrogen and oxygen atoms in total. The van der Waals surface area contributed by atoms with Crippen molar-refractivity contribution in [3.05, 3.63) is 69.2 Å². The molecule has 120 valence electrons. The van der Waals surface area contributed by atoms with E-state index >= 15 is 0 Å². The van der Waals surface area contributed by atoms with E-state index in [1.165, 1.54) is 18.2 Å². The van der Waals surface area contributed by atoms with Crippen molar-refractivity contribution in [2.45, 2.75) is 4.90 Å². The minimum Gasteiger partial charge on any atom is -0.380 e. The molecule has 0 aliphatic carbocycles. The summed E-state index contributed by atoms with van der Waals surface area (Å²) in [5, 5.41) is 14.5. The third kappa shape index (κ3) is 4.18. The van der Waals surface area contributed by atoms with Crippen LogP contribution in [0.3, 0.4) is 0 Å². The average molecular weight is 356 g/mol. The number of benzene rings is 2. The molecule has 0 unspecified atom stereocenters. The Morgan fingerprint density at radius 1 is 1.22 bits per heavy atom. The zero-order valence-corrected chi connectivity index (χ0v) is 13.0. The van der Waals surface area contributed by atoms with Gasteiger partial charge in [0.1, 0.15) is 4.90 Å². The van der Waals surface area contributed by atoms with Gasteiger partial charge in [0.25, 0.3) is 5.69 Å². The summed E-state index contributed by atoms with van der Waals surface area (Å²) in [5.74, 6) is -0.185. The molecule has 0 aliphatic rings. The summed E-state index contributed by atoms with van der Waals surface area (Å²) in [6.07, 6.45) is 0. The largest absolute Gasteiger partial charge is 0.380 e. The van der Waals surface area contributed by atoms with Crippen molar-refractivity contribution in [1.29, 1.82) is 0 Å². The molecule has 0 radical (unpaired) electrons. The minimum atomic E-state index is -4.33. The number of non-ortho nitro benzene ring substituents is 1. The fraction of sp³-hybridized carbons (Fsp3) is 0. The summed E-state index contributed by atoms with van der Waals surface area (Å²) in [5.41, 5.74) is 5.64. The van der Waals surface area contributed by atoms with Crippen LogP contribution >= 0.6 is 11.6 Å². The SMILES string of the molecule is NC(=NOS(=O)(=O)c1cccc([N+](=O)[O-])c1)c1ccc(Cl)cc1. The lowest BCUT2D eigenvalue weighted by Gasteiger charge is -2.03. The number of rotatable bonds is 5. The molecule has 10 heteroatoms. The molecule has 0 fully saturated rings. The third-order valence-electron chi connectivity index (χ3n) is 2.69. The average Bonchev–Trinajstić information content (AvgIpc) is 2.53. The lowest BCUT2D eigenvalue weighted by Crippen LogP contribution is -2.15. The number of nitro benzene ring substituents is 1. The van der Waals surface area contributed by atoms with Crippen LogP contribution in [-0.4, -0.2) is 19.2 Å². The van der Waals surface area contributed by atoms with E-state index in [2.05, 4.69) is 9.44 Å². The van der Waals surface area contributed by atoms with Crippen LogP contribution < -0.4 is 5.73 Å². The molecule has 0 saturated heterocycles. The Morgan fingerprint density at radius 3 is 2.48 bits per heavy atom. The highest BCUT2D eigenvalue weighted by molar-refractivity contribution is 7.86. The Morgan fingerprint density at radius 2 is 1.87 bits per heavy atom. The Labute approximate surface area is 136 Å². The standard InChI is InChI=1S/C13H10ClN3O5S/c14-10-6-4-9(5-7-10)13(15)16-22-23(20,21)12-3-1-2-11(8-12)17(18)19/h1-8H,(H2,15,16). The number of oxime groups is 1. The molecule has 2 aromatic carbocycles. The van der Waals surface area contributed by atoms with Gasteiger partial charge in [-0.25, -0.2) is 0 Å². The summed E-state index contributed by atoms with van der Waals surface area (Å²) >= 11 is 5.72. The van der Waals surface area contributed by atoms with Gasteiger partial charge in [-0.3, -0.25) is 14.4 Å². The smallest absolute Gasteiger partial charge is 0.358 e. The van der Waals surface area contributed by atoms with Gasteiger partial charge in [0.05, 0.1) is 4.92 Å². The van der Waals surface area contributed by atoms with E-state index in [4.69, 9.17) is 17.3 Å². The van der Waals surface area contributed by atoms with Crippen LogP contribution in [0.5, 0.6) is 0 Å². The zero-order valence-electron chi connectivity index (χ0n) is 11.4. The van der Waals surface area contributed by atoms with Gasteiger partial charge in [-0.05, 0) is 35.5 Å². The maximum Gasteiger partial charge on any atom is 0.358 e. The fourth-order valence-electron chi connectivity index (χ4n) is 1.56. The number of amidine groups is 1. The number of nitrogens with zero attached hydrogens (tertiary/aromatic N) is 2. The van der Waals surface area contributed by atoms with Gasteiger partial charge in [0.2, 0.25) is 0 Å². The molecule has 2 N–H and O–H groups in total. The fourth-order valence-corrected chi connectivity index (χ4v) is 2.46. The molecule has 23 heavy (non-hydrogen) atoms. The van der Waals surface area contributed by atoms with Gasteiger partial charge in [-0.2, -0.15) is 8.42 Å². The number of hydrogen-bond donors (Lipinski definition) is 1. The lowest BCUT2D eigenvalue weighted by molar-refractivity contribution is -0.385. The van der Waals surface area contributed by atoms with E-state index in [0.29, 0.717) is 10.6 Å². The Hall–Kier alpha value is -2.65. The Balaban J connectivity index is 2.24. The van der Waals surface area contributed by atoms with Crippen LogP contribution in [0.1, 0.15) is 5.56 Å². The van der Waals surface area contributed by atoms with E-state index in [1.807, 2.05) is 0 Å². The third-order valence-corrected chi connectivity index (χ3v) is 4.04. The van der Waals surface area contributed by atoms with Crippen molar-refractivity contribution < 1.29 is 17.6 Å². The summed E-state index contributed by atoms with van der Waals surface area (Å²) in [4.78, 5) is 9.55. The number of nitrogens with two attached hydrogens (primary N) is 1. The van der Waals surface area contributed by atoms with Gasteiger partial charge in [0.15, 0.2) is 5.84 Å². The highest BCUT2D eigenvalue weighted by atomic mass is 35.5. The zero-order chi connectivity index (χ0) is 17.0. The summed E-state index contributed by atoms with van der Waals surface area (Å²) in [7, 11) is -4.33. The maximum absolute atomic E-state index is 12.0. The quantitative estimate of drug-likeness (QED) is 0.379. The molecule has 2 rings (SSSR count). The van der Waals surface area contributed by atoms with Gasteiger partial charge < -0.3 is 5.73 Å². The maximum atomic E-state index is 12.0. The first kappa shape index (κ1) is 16.7.